The minimum atomic E-state index is -0.900. The molecule has 0 bridgehead atoms. The third-order valence-corrected chi connectivity index (χ3v) is 5.20. The second kappa shape index (κ2) is 12.0. The third-order valence-electron chi connectivity index (χ3n) is 4.67. The summed E-state index contributed by atoms with van der Waals surface area (Å²) in [6.07, 6.45) is 0.920. The Bertz CT molecular complexity index is 1110. The van der Waals surface area contributed by atoms with Gasteiger partial charge in [0.15, 0.2) is 6.10 Å². The van der Waals surface area contributed by atoms with Gasteiger partial charge in [-0.25, -0.2) is 5.43 Å². The Hall–Kier alpha value is -3.35. The molecule has 0 aliphatic rings. The summed E-state index contributed by atoms with van der Waals surface area (Å²) in [7, 11) is 0. The van der Waals surface area contributed by atoms with Crippen molar-refractivity contribution < 1.29 is 14.3 Å². The topological polar surface area (TPSA) is 79.8 Å². The average Bonchev–Trinajstić information content (AvgIpc) is 2.81. The lowest BCUT2D eigenvalue weighted by Gasteiger charge is -2.21. The lowest BCUT2D eigenvalue weighted by atomic mass is 10.1. The van der Waals surface area contributed by atoms with E-state index < -0.39 is 24.0 Å². The maximum atomic E-state index is 12.8. The number of halogens is 2. The molecular weight excluding hydrogens is 461 g/mol. The van der Waals surface area contributed by atoms with Crippen LogP contribution in [0.5, 0.6) is 5.75 Å². The van der Waals surface area contributed by atoms with E-state index in [0.717, 1.165) is 11.1 Å². The van der Waals surface area contributed by atoms with Gasteiger partial charge in [0.25, 0.3) is 11.8 Å². The van der Waals surface area contributed by atoms with E-state index in [1.54, 1.807) is 19.1 Å². The Morgan fingerprint density at radius 2 is 1.64 bits per heavy atom. The highest BCUT2D eigenvalue weighted by Gasteiger charge is 2.25. The molecule has 2 amide bonds. The van der Waals surface area contributed by atoms with Crippen LogP contribution >= 0.6 is 23.2 Å². The van der Waals surface area contributed by atoms with E-state index in [-0.39, 0.29) is 11.4 Å². The summed E-state index contributed by atoms with van der Waals surface area (Å²) in [5, 5.41) is 7.50. The fraction of sp³-hybridized carbons (Fsp3) is 0.160. The SMILES string of the molecule is C[C@@H](Oc1ccc(Cl)cc1Cl)C(=O)N[C@H](Cc1ccccc1)C(=O)N/N=C\c1ccccc1. The molecule has 0 aliphatic heterocycles. The Balaban J connectivity index is 1.68. The van der Waals surface area contributed by atoms with Crippen molar-refractivity contribution in [3.05, 3.63) is 100 Å². The first kappa shape index (κ1) is 24.3. The summed E-state index contributed by atoms with van der Waals surface area (Å²) in [6, 6.07) is 22.6. The number of carbonyl (C=O) groups excluding carboxylic acids is 2. The Morgan fingerprint density at radius 1 is 0.970 bits per heavy atom. The van der Waals surface area contributed by atoms with Crippen LogP contribution in [0.4, 0.5) is 0 Å². The van der Waals surface area contributed by atoms with E-state index >= 15 is 0 Å². The molecule has 33 heavy (non-hydrogen) atoms. The highest BCUT2D eigenvalue weighted by molar-refractivity contribution is 6.35. The van der Waals surface area contributed by atoms with Gasteiger partial charge < -0.3 is 10.1 Å². The van der Waals surface area contributed by atoms with Crippen molar-refractivity contribution in [3.8, 4) is 5.75 Å². The van der Waals surface area contributed by atoms with Gasteiger partial charge >= 0.3 is 0 Å². The van der Waals surface area contributed by atoms with Gasteiger partial charge in [-0.15, -0.1) is 0 Å². The molecule has 0 spiro atoms. The molecule has 0 aromatic heterocycles. The van der Waals surface area contributed by atoms with Crippen LogP contribution in [0.3, 0.4) is 0 Å². The zero-order chi connectivity index (χ0) is 23.6. The van der Waals surface area contributed by atoms with E-state index in [1.807, 2.05) is 60.7 Å². The van der Waals surface area contributed by atoms with E-state index in [0.29, 0.717) is 10.8 Å². The minimum absolute atomic E-state index is 0.285. The predicted molar refractivity (Wildman–Crippen MR) is 131 cm³/mol. The number of benzene rings is 3. The first-order valence-electron chi connectivity index (χ1n) is 10.3. The Morgan fingerprint density at radius 3 is 2.30 bits per heavy atom. The normalized spacial score (nSPS) is 12.7. The number of ether oxygens (including phenoxy) is 1. The molecule has 2 N–H and O–H groups in total. The van der Waals surface area contributed by atoms with Crippen LogP contribution in [0, 0.1) is 0 Å². The largest absolute Gasteiger partial charge is 0.479 e. The Kier molecular flexibility index (Phi) is 8.87. The molecular formula is C25H23Cl2N3O3. The van der Waals surface area contributed by atoms with Crippen molar-refractivity contribution in [1.29, 1.82) is 0 Å². The number of rotatable bonds is 9. The second-order valence-corrected chi connectivity index (χ2v) is 8.07. The van der Waals surface area contributed by atoms with Gasteiger partial charge in [-0.3, -0.25) is 9.59 Å². The lowest BCUT2D eigenvalue weighted by molar-refractivity contribution is -0.132. The van der Waals surface area contributed by atoms with Crippen LogP contribution in [0.2, 0.25) is 10.0 Å². The van der Waals surface area contributed by atoms with Gasteiger partial charge in [-0.1, -0.05) is 83.9 Å². The molecule has 6 nitrogen and oxygen atoms in total. The van der Waals surface area contributed by atoms with Crippen molar-refractivity contribution in [2.45, 2.75) is 25.5 Å². The van der Waals surface area contributed by atoms with Crippen molar-refractivity contribution in [2.24, 2.45) is 5.10 Å². The smallest absolute Gasteiger partial charge is 0.262 e. The molecule has 0 saturated heterocycles. The summed E-state index contributed by atoms with van der Waals surface area (Å²) < 4.78 is 5.67. The van der Waals surface area contributed by atoms with E-state index in [4.69, 9.17) is 27.9 Å². The van der Waals surface area contributed by atoms with Gasteiger partial charge in [0.05, 0.1) is 11.2 Å². The van der Waals surface area contributed by atoms with Gasteiger partial charge in [0, 0.05) is 11.4 Å². The van der Waals surface area contributed by atoms with E-state index in [1.165, 1.54) is 12.3 Å². The van der Waals surface area contributed by atoms with Crippen LogP contribution in [0.25, 0.3) is 0 Å². The summed E-state index contributed by atoms with van der Waals surface area (Å²) in [5.41, 5.74) is 4.22. The van der Waals surface area contributed by atoms with Crippen molar-refractivity contribution in [2.75, 3.05) is 0 Å². The number of carbonyl (C=O) groups is 2. The lowest BCUT2D eigenvalue weighted by Crippen LogP contribution is -2.50. The van der Waals surface area contributed by atoms with Crippen LogP contribution in [-0.2, 0) is 16.0 Å². The highest BCUT2D eigenvalue weighted by atomic mass is 35.5. The first-order valence-corrected chi connectivity index (χ1v) is 11.0. The highest BCUT2D eigenvalue weighted by Crippen LogP contribution is 2.28. The predicted octanol–water partition coefficient (Wildman–Crippen LogP) is 4.64. The van der Waals surface area contributed by atoms with Crippen LogP contribution in [0.1, 0.15) is 18.1 Å². The summed E-state index contributed by atoms with van der Waals surface area (Å²) in [4.78, 5) is 25.6. The monoisotopic (exact) mass is 483 g/mol. The van der Waals surface area contributed by atoms with Crippen molar-refractivity contribution in [3.63, 3.8) is 0 Å². The Labute approximate surface area is 202 Å². The molecule has 0 heterocycles. The minimum Gasteiger partial charge on any atom is -0.479 e. The number of hydrogen-bond acceptors (Lipinski definition) is 4. The molecule has 0 fully saturated rings. The fourth-order valence-electron chi connectivity index (χ4n) is 2.95. The number of hydrazone groups is 1. The second-order valence-electron chi connectivity index (χ2n) is 7.23. The summed E-state index contributed by atoms with van der Waals surface area (Å²) in [5.74, 6) is -0.597. The molecule has 8 heteroatoms. The molecule has 2 atom stereocenters. The standard InChI is InChI=1S/C25H23Cl2N3O3/c1-17(33-23-13-12-20(26)15-21(23)27)24(31)29-22(14-18-8-4-2-5-9-18)25(32)30-28-16-19-10-6-3-7-11-19/h2-13,15-17,22H,14H2,1H3,(H,29,31)(H,30,32)/b28-16-/t17-,22-/m1/s1. The van der Waals surface area contributed by atoms with Gasteiger partial charge in [0.2, 0.25) is 0 Å². The van der Waals surface area contributed by atoms with Crippen LogP contribution < -0.4 is 15.5 Å². The number of nitrogens with zero attached hydrogens (tertiary/aromatic N) is 1. The zero-order valence-electron chi connectivity index (χ0n) is 17.9. The quantitative estimate of drug-likeness (QED) is 0.343. The summed E-state index contributed by atoms with van der Waals surface area (Å²) in [6.45, 7) is 1.57. The number of hydrogen-bond donors (Lipinski definition) is 2. The molecule has 170 valence electrons. The molecule has 0 radical (unpaired) electrons. The molecule has 0 saturated carbocycles. The van der Waals surface area contributed by atoms with Crippen molar-refractivity contribution in [1.82, 2.24) is 10.7 Å². The van der Waals surface area contributed by atoms with Gasteiger partial charge in [-0.05, 0) is 36.2 Å². The molecule has 0 unspecified atom stereocenters. The van der Waals surface area contributed by atoms with Crippen LogP contribution in [-0.4, -0.2) is 30.2 Å². The molecule has 3 aromatic carbocycles. The molecule has 0 aliphatic carbocycles. The third kappa shape index (κ3) is 7.63. The van der Waals surface area contributed by atoms with Crippen molar-refractivity contribution >= 4 is 41.2 Å². The maximum Gasteiger partial charge on any atom is 0.262 e. The van der Waals surface area contributed by atoms with Crippen LogP contribution in [0.15, 0.2) is 84.0 Å². The fourth-order valence-corrected chi connectivity index (χ4v) is 3.40. The number of nitrogens with one attached hydrogen (secondary N) is 2. The van der Waals surface area contributed by atoms with E-state index in [2.05, 4.69) is 15.8 Å². The van der Waals surface area contributed by atoms with E-state index in [9.17, 15) is 9.59 Å². The number of amides is 2. The van der Waals surface area contributed by atoms with Gasteiger partial charge in [0.1, 0.15) is 11.8 Å². The summed E-state index contributed by atoms with van der Waals surface area (Å²) >= 11 is 12.0. The van der Waals surface area contributed by atoms with Gasteiger partial charge in [-0.2, -0.15) is 5.10 Å². The first-order chi connectivity index (χ1) is 15.9. The maximum absolute atomic E-state index is 12.8. The average molecular weight is 484 g/mol. The molecule has 3 rings (SSSR count). The molecule has 3 aromatic rings. The zero-order valence-corrected chi connectivity index (χ0v) is 19.4.